The summed E-state index contributed by atoms with van der Waals surface area (Å²) in [5.74, 6) is 0.794. The Balaban J connectivity index is 2.07. The Morgan fingerprint density at radius 2 is 1.95 bits per heavy atom. The topological polar surface area (TPSA) is 31.2 Å². The molecule has 3 heteroatoms. The van der Waals surface area contributed by atoms with E-state index in [0.717, 1.165) is 29.4 Å². The second kappa shape index (κ2) is 5.08. The van der Waals surface area contributed by atoms with Crippen molar-refractivity contribution in [3.8, 4) is 5.75 Å². The standard InChI is InChI=1S/C16H19NO2/c1-19-14-7-8-15-12(11-14)9-10-17(16(15)18)13-5-3-2-4-6-13/h7-11,13H,2-6H2,1H3. The van der Waals surface area contributed by atoms with Crippen LogP contribution in [0.3, 0.4) is 0 Å². The van der Waals surface area contributed by atoms with Crippen molar-refractivity contribution in [2.24, 2.45) is 0 Å². The lowest BCUT2D eigenvalue weighted by molar-refractivity contribution is 0.347. The maximum Gasteiger partial charge on any atom is 0.258 e. The maximum atomic E-state index is 12.5. The summed E-state index contributed by atoms with van der Waals surface area (Å²) in [4.78, 5) is 12.5. The van der Waals surface area contributed by atoms with Gasteiger partial charge in [-0.15, -0.1) is 0 Å². The summed E-state index contributed by atoms with van der Waals surface area (Å²) >= 11 is 0. The van der Waals surface area contributed by atoms with E-state index in [2.05, 4.69) is 0 Å². The molecule has 0 aliphatic heterocycles. The molecule has 0 unspecified atom stereocenters. The summed E-state index contributed by atoms with van der Waals surface area (Å²) in [5.41, 5.74) is 0.132. The Hall–Kier alpha value is -1.77. The maximum absolute atomic E-state index is 12.5. The summed E-state index contributed by atoms with van der Waals surface area (Å²) in [6.07, 6.45) is 7.97. The molecule has 1 aromatic carbocycles. The van der Waals surface area contributed by atoms with Crippen molar-refractivity contribution in [1.29, 1.82) is 0 Å². The minimum absolute atomic E-state index is 0.132. The molecule has 19 heavy (non-hydrogen) atoms. The molecular formula is C16H19NO2. The fourth-order valence-electron chi connectivity index (χ4n) is 3.01. The molecule has 1 aliphatic carbocycles. The zero-order chi connectivity index (χ0) is 13.2. The predicted octanol–water partition coefficient (Wildman–Crippen LogP) is 3.52. The Labute approximate surface area is 112 Å². The first-order valence-electron chi connectivity index (χ1n) is 6.98. The van der Waals surface area contributed by atoms with Gasteiger partial charge in [-0.2, -0.15) is 0 Å². The van der Waals surface area contributed by atoms with Gasteiger partial charge >= 0.3 is 0 Å². The van der Waals surface area contributed by atoms with Crippen LogP contribution in [0.4, 0.5) is 0 Å². The summed E-state index contributed by atoms with van der Waals surface area (Å²) in [7, 11) is 1.64. The highest BCUT2D eigenvalue weighted by molar-refractivity contribution is 5.82. The minimum atomic E-state index is 0.132. The molecule has 3 rings (SSSR count). The SMILES string of the molecule is COc1ccc2c(=O)n(C3CCCCC3)ccc2c1. The Morgan fingerprint density at radius 1 is 1.16 bits per heavy atom. The highest BCUT2D eigenvalue weighted by Gasteiger charge is 2.16. The summed E-state index contributed by atoms with van der Waals surface area (Å²) in [6, 6.07) is 8.05. The monoisotopic (exact) mass is 257 g/mol. The van der Waals surface area contributed by atoms with E-state index in [-0.39, 0.29) is 5.56 Å². The van der Waals surface area contributed by atoms with Crippen molar-refractivity contribution < 1.29 is 4.74 Å². The van der Waals surface area contributed by atoms with E-state index in [1.54, 1.807) is 7.11 Å². The van der Waals surface area contributed by atoms with E-state index in [1.807, 2.05) is 35.0 Å². The fourth-order valence-corrected chi connectivity index (χ4v) is 3.01. The van der Waals surface area contributed by atoms with Gasteiger partial charge in [0.2, 0.25) is 0 Å². The Kier molecular flexibility index (Phi) is 3.28. The molecule has 2 aromatic rings. The number of hydrogen-bond donors (Lipinski definition) is 0. The predicted molar refractivity (Wildman–Crippen MR) is 76.9 cm³/mol. The Morgan fingerprint density at radius 3 is 2.68 bits per heavy atom. The van der Waals surface area contributed by atoms with Gasteiger partial charge in [0.15, 0.2) is 0 Å². The van der Waals surface area contributed by atoms with Gasteiger partial charge in [-0.05, 0) is 42.5 Å². The third-order valence-electron chi connectivity index (χ3n) is 4.11. The quantitative estimate of drug-likeness (QED) is 0.824. The summed E-state index contributed by atoms with van der Waals surface area (Å²) in [6.45, 7) is 0. The number of rotatable bonds is 2. The molecule has 1 aliphatic rings. The summed E-state index contributed by atoms with van der Waals surface area (Å²) in [5, 5.41) is 1.74. The first-order chi connectivity index (χ1) is 9.29. The lowest BCUT2D eigenvalue weighted by Gasteiger charge is -2.24. The second-order valence-corrected chi connectivity index (χ2v) is 5.27. The van der Waals surface area contributed by atoms with Crippen molar-refractivity contribution in [2.45, 2.75) is 38.1 Å². The van der Waals surface area contributed by atoms with Gasteiger partial charge in [-0.1, -0.05) is 19.3 Å². The molecule has 0 saturated heterocycles. The molecule has 0 spiro atoms. The van der Waals surface area contributed by atoms with Crippen LogP contribution >= 0.6 is 0 Å². The molecule has 100 valence electrons. The molecule has 1 aromatic heterocycles. The van der Waals surface area contributed by atoms with E-state index in [4.69, 9.17) is 4.74 Å². The lowest BCUT2D eigenvalue weighted by atomic mass is 9.95. The Bertz CT molecular complexity index is 639. The van der Waals surface area contributed by atoms with Crippen molar-refractivity contribution in [2.75, 3.05) is 7.11 Å². The number of fused-ring (bicyclic) bond motifs is 1. The molecule has 0 radical (unpaired) electrons. The van der Waals surface area contributed by atoms with Crippen LogP contribution in [0.1, 0.15) is 38.1 Å². The fraction of sp³-hybridized carbons (Fsp3) is 0.438. The number of ether oxygens (including phenoxy) is 1. The van der Waals surface area contributed by atoms with E-state index in [1.165, 1.54) is 19.3 Å². The average Bonchev–Trinajstić information content (AvgIpc) is 2.48. The number of hydrogen-bond acceptors (Lipinski definition) is 2. The highest BCUT2D eigenvalue weighted by atomic mass is 16.5. The molecule has 0 atom stereocenters. The first-order valence-corrected chi connectivity index (χ1v) is 6.98. The number of benzene rings is 1. The average molecular weight is 257 g/mol. The van der Waals surface area contributed by atoms with Crippen molar-refractivity contribution in [3.63, 3.8) is 0 Å². The van der Waals surface area contributed by atoms with Gasteiger partial charge in [0.1, 0.15) is 5.75 Å². The molecule has 0 N–H and O–H groups in total. The van der Waals surface area contributed by atoms with Gasteiger partial charge in [-0.25, -0.2) is 0 Å². The zero-order valence-corrected chi connectivity index (χ0v) is 11.3. The van der Waals surface area contributed by atoms with Gasteiger partial charge in [-0.3, -0.25) is 4.79 Å². The summed E-state index contributed by atoms with van der Waals surface area (Å²) < 4.78 is 7.12. The van der Waals surface area contributed by atoms with Crippen LogP contribution in [0.15, 0.2) is 35.3 Å². The van der Waals surface area contributed by atoms with Gasteiger partial charge in [0.05, 0.1) is 7.11 Å². The molecule has 3 nitrogen and oxygen atoms in total. The third kappa shape index (κ3) is 2.25. The van der Waals surface area contributed by atoms with Crippen LogP contribution in [-0.4, -0.2) is 11.7 Å². The van der Waals surface area contributed by atoms with E-state index >= 15 is 0 Å². The van der Waals surface area contributed by atoms with E-state index in [0.29, 0.717) is 6.04 Å². The van der Waals surface area contributed by atoms with Crippen LogP contribution in [0.25, 0.3) is 10.8 Å². The van der Waals surface area contributed by atoms with Crippen molar-refractivity contribution in [1.82, 2.24) is 4.57 Å². The van der Waals surface area contributed by atoms with Crippen LogP contribution in [0.2, 0.25) is 0 Å². The van der Waals surface area contributed by atoms with Gasteiger partial charge in [0, 0.05) is 17.6 Å². The largest absolute Gasteiger partial charge is 0.497 e. The second-order valence-electron chi connectivity index (χ2n) is 5.27. The minimum Gasteiger partial charge on any atom is -0.497 e. The lowest BCUT2D eigenvalue weighted by Crippen LogP contribution is -2.25. The molecule has 0 amide bonds. The number of aromatic nitrogens is 1. The molecule has 1 fully saturated rings. The number of pyridine rings is 1. The zero-order valence-electron chi connectivity index (χ0n) is 11.3. The normalized spacial score (nSPS) is 16.7. The van der Waals surface area contributed by atoms with Crippen molar-refractivity contribution in [3.05, 3.63) is 40.8 Å². The first kappa shape index (κ1) is 12.3. The van der Waals surface area contributed by atoms with Crippen LogP contribution < -0.4 is 10.3 Å². The van der Waals surface area contributed by atoms with Crippen molar-refractivity contribution >= 4 is 10.8 Å². The highest BCUT2D eigenvalue weighted by Crippen LogP contribution is 2.27. The number of methoxy groups -OCH3 is 1. The van der Waals surface area contributed by atoms with Gasteiger partial charge < -0.3 is 9.30 Å². The van der Waals surface area contributed by atoms with E-state index in [9.17, 15) is 4.79 Å². The van der Waals surface area contributed by atoms with Crippen LogP contribution in [0.5, 0.6) is 5.75 Å². The molecular weight excluding hydrogens is 238 g/mol. The van der Waals surface area contributed by atoms with Crippen LogP contribution in [-0.2, 0) is 0 Å². The van der Waals surface area contributed by atoms with Crippen LogP contribution in [0, 0.1) is 0 Å². The molecule has 0 bridgehead atoms. The van der Waals surface area contributed by atoms with E-state index < -0.39 is 0 Å². The molecule has 1 heterocycles. The third-order valence-corrected chi connectivity index (χ3v) is 4.11. The molecule has 1 saturated carbocycles. The smallest absolute Gasteiger partial charge is 0.258 e. The number of nitrogens with zero attached hydrogens (tertiary/aromatic N) is 1. The van der Waals surface area contributed by atoms with Gasteiger partial charge in [0.25, 0.3) is 5.56 Å².